The number of allylic oxidation sites excluding steroid dienone is 4. The van der Waals surface area contributed by atoms with E-state index in [2.05, 4.69) is 10.3 Å². The monoisotopic (exact) mass is 233 g/mol. The molecule has 0 atom stereocenters. The lowest BCUT2D eigenvalue weighted by Crippen LogP contribution is -2.21. The van der Waals surface area contributed by atoms with Gasteiger partial charge in [-0.1, -0.05) is 39.8 Å². The van der Waals surface area contributed by atoms with Gasteiger partial charge in [-0.05, 0) is 19.9 Å². The molecule has 0 rings (SSSR count). The second kappa shape index (κ2) is 19.3. The quantitative estimate of drug-likeness (QED) is 0.755. The molecule has 0 bridgehead atoms. The molecular formula is C12H24FNO2. The lowest BCUT2D eigenvalue weighted by molar-refractivity contribution is -0.182. The van der Waals surface area contributed by atoms with Crippen molar-refractivity contribution in [3.63, 3.8) is 0 Å². The van der Waals surface area contributed by atoms with Gasteiger partial charge in [0.05, 0.1) is 0 Å². The van der Waals surface area contributed by atoms with Crippen LogP contribution in [0.5, 0.6) is 0 Å². The van der Waals surface area contributed by atoms with E-state index in [9.17, 15) is 9.32 Å². The van der Waals surface area contributed by atoms with Crippen molar-refractivity contribution in [3.05, 3.63) is 23.9 Å². The summed E-state index contributed by atoms with van der Waals surface area (Å²) in [6.07, 6.45) is 5.42. The molecule has 0 saturated carbocycles. The molecule has 0 aromatic heterocycles. The Morgan fingerprint density at radius 3 is 2.19 bits per heavy atom. The van der Waals surface area contributed by atoms with Crippen LogP contribution in [0.2, 0.25) is 0 Å². The van der Waals surface area contributed by atoms with Crippen LogP contribution in [0.3, 0.4) is 0 Å². The van der Waals surface area contributed by atoms with Crippen molar-refractivity contribution in [1.29, 1.82) is 0 Å². The van der Waals surface area contributed by atoms with E-state index in [1.807, 2.05) is 46.8 Å². The standard InChI is InChI=1S/C8H12FNO2.2C2H6/c1-3-4-5-7(2)10-6-8(11)12-9;2*1-2/h3-5,10H,6H2,1-2H3;2*1-2H3/b4-3-,7-5+;;. The number of hydrogen-bond acceptors (Lipinski definition) is 3. The maximum Gasteiger partial charge on any atom is 0.367 e. The molecule has 0 aromatic rings. The highest BCUT2D eigenvalue weighted by Gasteiger charge is 2.00. The first kappa shape index (κ1) is 20.1. The summed E-state index contributed by atoms with van der Waals surface area (Å²) in [5.74, 6) is -0.928. The summed E-state index contributed by atoms with van der Waals surface area (Å²) in [6, 6.07) is 0. The molecule has 0 heterocycles. The van der Waals surface area contributed by atoms with Crippen LogP contribution in [-0.2, 0) is 9.74 Å². The third kappa shape index (κ3) is 18.5. The predicted molar refractivity (Wildman–Crippen MR) is 66.5 cm³/mol. The summed E-state index contributed by atoms with van der Waals surface area (Å²) in [7, 11) is 0. The van der Waals surface area contributed by atoms with Gasteiger partial charge in [0, 0.05) is 10.2 Å². The minimum absolute atomic E-state index is 0.156. The van der Waals surface area contributed by atoms with Crippen LogP contribution in [0.15, 0.2) is 23.9 Å². The molecule has 96 valence electrons. The summed E-state index contributed by atoms with van der Waals surface area (Å²) >= 11 is 0. The molecule has 0 aliphatic heterocycles. The highest BCUT2D eigenvalue weighted by atomic mass is 19.3. The highest BCUT2D eigenvalue weighted by Crippen LogP contribution is 1.87. The van der Waals surface area contributed by atoms with E-state index in [0.717, 1.165) is 5.70 Å². The van der Waals surface area contributed by atoms with Crippen LogP contribution in [0.4, 0.5) is 4.53 Å². The zero-order valence-electron chi connectivity index (χ0n) is 11.1. The third-order valence-corrected chi connectivity index (χ3v) is 1.14. The first-order valence-electron chi connectivity index (χ1n) is 5.55. The number of carbonyl (C=O) groups is 1. The van der Waals surface area contributed by atoms with Crippen molar-refractivity contribution in [1.82, 2.24) is 5.32 Å². The van der Waals surface area contributed by atoms with Crippen LogP contribution in [-0.4, -0.2) is 12.5 Å². The van der Waals surface area contributed by atoms with Gasteiger partial charge >= 0.3 is 5.97 Å². The fraction of sp³-hybridized carbons (Fsp3) is 0.583. The highest BCUT2D eigenvalue weighted by molar-refractivity contribution is 5.71. The van der Waals surface area contributed by atoms with E-state index in [4.69, 9.17) is 0 Å². The first-order chi connectivity index (χ1) is 7.70. The van der Waals surface area contributed by atoms with Gasteiger partial charge in [0.25, 0.3) is 0 Å². The van der Waals surface area contributed by atoms with Crippen molar-refractivity contribution < 1.29 is 14.3 Å². The Bertz CT molecular complexity index is 201. The van der Waals surface area contributed by atoms with Crippen molar-refractivity contribution >= 4 is 5.97 Å². The van der Waals surface area contributed by atoms with Gasteiger partial charge in [0.15, 0.2) is 0 Å². The van der Waals surface area contributed by atoms with E-state index in [-0.39, 0.29) is 6.54 Å². The van der Waals surface area contributed by atoms with E-state index < -0.39 is 5.97 Å². The summed E-state index contributed by atoms with van der Waals surface area (Å²) in [5, 5.41) is 2.66. The summed E-state index contributed by atoms with van der Waals surface area (Å²) < 4.78 is 11.2. The van der Waals surface area contributed by atoms with Crippen LogP contribution in [0.1, 0.15) is 41.5 Å². The molecule has 3 nitrogen and oxygen atoms in total. The molecule has 0 aliphatic rings. The smallest absolute Gasteiger partial charge is 0.367 e. The van der Waals surface area contributed by atoms with Crippen LogP contribution < -0.4 is 5.32 Å². The van der Waals surface area contributed by atoms with Crippen molar-refractivity contribution in [2.24, 2.45) is 0 Å². The molecular weight excluding hydrogens is 209 g/mol. The Morgan fingerprint density at radius 1 is 1.31 bits per heavy atom. The maximum absolute atomic E-state index is 11.2. The molecule has 0 aliphatic carbocycles. The largest absolute Gasteiger partial charge is 0.378 e. The van der Waals surface area contributed by atoms with Gasteiger partial charge in [-0.15, -0.1) is 0 Å². The number of hydrogen-bond donors (Lipinski definition) is 1. The van der Waals surface area contributed by atoms with E-state index in [0.29, 0.717) is 0 Å². The topological polar surface area (TPSA) is 38.3 Å². The summed E-state index contributed by atoms with van der Waals surface area (Å²) in [5.41, 5.74) is 0.776. The first-order valence-corrected chi connectivity index (χ1v) is 5.55. The van der Waals surface area contributed by atoms with Crippen LogP contribution >= 0.6 is 0 Å². The lowest BCUT2D eigenvalue weighted by Gasteiger charge is -2.00. The van der Waals surface area contributed by atoms with E-state index >= 15 is 0 Å². The predicted octanol–water partition coefficient (Wildman–Crippen LogP) is 3.54. The number of halogens is 1. The molecule has 16 heavy (non-hydrogen) atoms. The van der Waals surface area contributed by atoms with Crippen molar-refractivity contribution in [2.45, 2.75) is 41.5 Å². The molecule has 0 saturated heterocycles. The van der Waals surface area contributed by atoms with Gasteiger partial charge in [0.1, 0.15) is 6.54 Å². The van der Waals surface area contributed by atoms with Crippen molar-refractivity contribution in [2.75, 3.05) is 6.54 Å². The fourth-order valence-corrected chi connectivity index (χ4v) is 0.538. The van der Waals surface area contributed by atoms with E-state index in [1.54, 1.807) is 13.0 Å². The molecule has 1 N–H and O–H groups in total. The van der Waals surface area contributed by atoms with Gasteiger partial charge in [-0.3, -0.25) is 4.94 Å². The second-order valence-corrected chi connectivity index (χ2v) is 2.18. The second-order valence-electron chi connectivity index (χ2n) is 2.18. The molecule has 0 amide bonds. The molecule has 0 unspecified atom stereocenters. The third-order valence-electron chi connectivity index (χ3n) is 1.14. The zero-order chi connectivity index (χ0) is 13.4. The number of rotatable bonds is 4. The fourth-order valence-electron chi connectivity index (χ4n) is 0.538. The van der Waals surface area contributed by atoms with Crippen molar-refractivity contribution in [3.8, 4) is 0 Å². The molecule has 0 fully saturated rings. The average Bonchev–Trinajstić information content (AvgIpc) is 2.38. The molecule has 4 heteroatoms. The van der Waals surface area contributed by atoms with E-state index in [1.165, 1.54) is 0 Å². The summed E-state index contributed by atoms with van der Waals surface area (Å²) in [6.45, 7) is 11.5. The minimum Gasteiger partial charge on any atom is -0.378 e. The van der Waals surface area contributed by atoms with Crippen LogP contribution in [0.25, 0.3) is 0 Å². The van der Waals surface area contributed by atoms with Gasteiger partial charge in [-0.25, -0.2) is 4.79 Å². The summed E-state index contributed by atoms with van der Waals surface area (Å²) in [4.78, 5) is 13.2. The minimum atomic E-state index is -0.928. The van der Waals surface area contributed by atoms with Gasteiger partial charge in [0.2, 0.25) is 0 Å². The number of nitrogens with one attached hydrogen (secondary N) is 1. The van der Waals surface area contributed by atoms with Gasteiger partial charge in [-0.2, -0.15) is 0 Å². The normalized spacial score (nSPS) is 9.56. The molecule has 0 radical (unpaired) electrons. The Kier molecular flexibility index (Phi) is 24.3. The maximum atomic E-state index is 11.2. The Morgan fingerprint density at radius 2 is 1.81 bits per heavy atom. The molecule has 0 spiro atoms. The Balaban J connectivity index is -0.000000376. The molecule has 0 aromatic carbocycles. The Labute approximate surface area is 98.3 Å². The average molecular weight is 233 g/mol. The zero-order valence-corrected chi connectivity index (χ0v) is 11.1. The lowest BCUT2D eigenvalue weighted by atomic mass is 10.4. The van der Waals surface area contributed by atoms with Gasteiger partial charge < -0.3 is 5.32 Å². The Hall–Kier alpha value is -1.32. The SMILES string of the molecule is C/C=C\C=C(/C)NCC(=O)OF.CC.CC. The van der Waals surface area contributed by atoms with Crippen LogP contribution in [0, 0.1) is 0 Å². The number of carbonyl (C=O) groups excluding carboxylic acids is 1.